The first kappa shape index (κ1) is 15.7. The molecule has 1 aromatic rings. The van der Waals surface area contributed by atoms with Crippen LogP contribution >= 0.6 is 0 Å². The molecule has 1 amide bonds. The number of hydrogen-bond acceptors (Lipinski definition) is 3. The SMILES string of the molecule is CCOc1cc2c(cc1NC(=O)CCC(C)C)OC(C)C2. The van der Waals surface area contributed by atoms with Crippen LogP contribution < -0.4 is 14.8 Å². The molecule has 1 unspecified atom stereocenters. The molecule has 21 heavy (non-hydrogen) atoms. The number of benzene rings is 1. The molecule has 1 aliphatic heterocycles. The minimum Gasteiger partial charge on any atom is -0.492 e. The molecule has 116 valence electrons. The number of carbonyl (C=O) groups is 1. The Bertz CT molecular complexity index is 511. The van der Waals surface area contributed by atoms with Gasteiger partial charge in [-0.3, -0.25) is 4.79 Å². The van der Waals surface area contributed by atoms with E-state index in [1.54, 1.807) is 0 Å². The summed E-state index contributed by atoms with van der Waals surface area (Å²) in [5.41, 5.74) is 1.85. The van der Waals surface area contributed by atoms with E-state index in [0.717, 1.165) is 29.9 Å². The van der Waals surface area contributed by atoms with Gasteiger partial charge in [-0.2, -0.15) is 0 Å². The van der Waals surface area contributed by atoms with E-state index in [0.29, 0.717) is 24.6 Å². The van der Waals surface area contributed by atoms with Gasteiger partial charge >= 0.3 is 0 Å². The summed E-state index contributed by atoms with van der Waals surface area (Å²) < 4.78 is 11.4. The van der Waals surface area contributed by atoms with Crippen molar-refractivity contribution in [2.24, 2.45) is 5.92 Å². The Labute approximate surface area is 126 Å². The van der Waals surface area contributed by atoms with Gasteiger partial charge in [-0.25, -0.2) is 0 Å². The Morgan fingerprint density at radius 3 is 2.90 bits per heavy atom. The first-order valence-corrected chi connectivity index (χ1v) is 7.75. The summed E-state index contributed by atoms with van der Waals surface area (Å²) in [7, 11) is 0. The van der Waals surface area contributed by atoms with Crippen LogP contribution in [0.5, 0.6) is 11.5 Å². The Kier molecular flexibility index (Phi) is 5.10. The van der Waals surface area contributed by atoms with E-state index in [1.165, 1.54) is 0 Å². The average molecular weight is 291 g/mol. The van der Waals surface area contributed by atoms with Crippen LogP contribution in [-0.4, -0.2) is 18.6 Å². The highest BCUT2D eigenvalue weighted by molar-refractivity contribution is 5.92. The molecular weight excluding hydrogens is 266 g/mol. The van der Waals surface area contributed by atoms with Crippen molar-refractivity contribution in [1.29, 1.82) is 0 Å². The van der Waals surface area contributed by atoms with Crippen LogP contribution in [0.25, 0.3) is 0 Å². The molecule has 0 bridgehead atoms. The van der Waals surface area contributed by atoms with E-state index >= 15 is 0 Å². The van der Waals surface area contributed by atoms with Gasteiger partial charge < -0.3 is 14.8 Å². The fourth-order valence-corrected chi connectivity index (χ4v) is 2.44. The van der Waals surface area contributed by atoms with Crippen LogP contribution in [0.4, 0.5) is 5.69 Å². The van der Waals surface area contributed by atoms with Gasteiger partial charge in [-0.15, -0.1) is 0 Å². The largest absolute Gasteiger partial charge is 0.492 e. The number of rotatable bonds is 6. The van der Waals surface area contributed by atoms with Crippen molar-refractivity contribution < 1.29 is 14.3 Å². The summed E-state index contributed by atoms with van der Waals surface area (Å²) in [6.07, 6.45) is 2.48. The number of nitrogens with one attached hydrogen (secondary N) is 1. The number of anilines is 1. The predicted molar refractivity (Wildman–Crippen MR) is 84.1 cm³/mol. The smallest absolute Gasteiger partial charge is 0.224 e. The standard InChI is InChI=1S/C17H25NO3/c1-5-20-16-9-13-8-12(4)21-15(13)10-14(16)18-17(19)7-6-11(2)3/h9-12H,5-8H2,1-4H3,(H,18,19). The number of ether oxygens (including phenoxy) is 2. The van der Waals surface area contributed by atoms with E-state index in [1.807, 2.05) is 26.0 Å². The topological polar surface area (TPSA) is 47.6 Å². The lowest BCUT2D eigenvalue weighted by Crippen LogP contribution is -2.13. The van der Waals surface area contributed by atoms with E-state index in [2.05, 4.69) is 19.2 Å². The van der Waals surface area contributed by atoms with E-state index < -0.39 is 0 Å². The highest BCUT2D eigenvalue weighted by atomic mass is 16.5. The first-order chi connectivity index (χ1) is 9.99. The fraction of sp³-hybridized carbons (Fsp3) is 0.588. The molecule has 1 N–H and O–H groups in total. The highest BCUT2D eigenvalue weighted by Gasteiger charge is 2.22. The molecule has 1 heterocycles. The summed E-state index contributed by atoms with van der Waals surface area (Å²) >= 11 is 0. The minimum absolute atomic E-state index is 0.0237. The van der Waals surface area contributed by atoms with Crippen LogP contribution in [0.1, 0.15) is 46.1 Å². The van der Waals surface area contributed by atoms with E-state index in [4.69, 9.17) is 9.47 Å². The van der Waals surface area contributed by atoms with E-state index in [9.17, 15) is 4.79 Å². The van der Waals surface area contributed by atoms with Crippen molar-refractivity contribution in [3.8, 4) is 11.5 Å². The lowest BCUT2D eigenvalue weighted by atomic mass is 10.1. The fourth-order valence-electron chi connectivity index (χ4n) is 2.44. The zero-order valence-electron chi connectivity index (χ0n) is 13.4. The maximum absolute atomic E-state index is 12.0. The Balaban J connectivity index is 2.14. The molecular formula is C17H25NO3. The lowest BCUT2D eigenvalue weighted by molar-refractivity contribution is -0.116. The average Bonchev–Trinajstić information content (AvgIpc) is 2.76. The molecule has 0 aromatic heterocycles. The van der Waals surface area contributed by atoms with Gasteiger partial charge in [0.25, 0.3) is 0 Å². The monoisotopic (exact) mass is 291 g/mol. The second-order valence-corrected chi connectivity index (χ2v) is 6.00. The zero-order valence-corrected chi connectivity index (χ0v) is 13.4. The molecule has 0 aliphatic carbocycles. The van der Waals surface area contributed by atoms with Crippen molar-refractivity contribution in [3.05, 3.63) is 17.7 Å². The van der Waals surface area contributed by atoms with Crippen LogP contribution in [-0.2, 0) is 11.2 Å². The normalized spacial score (nSPS) is 16.5. The summed E-state index contributed by atoms with van der Waals surface area (Å²) in [5, 5.41) is 2.95. The number of carbonyl (C=O) groups excluding carboxylic acids is 1. The van der Waals surface area contributed by atoms with Crippen molar-refractivity contribution >= 4 is 11.6 Å². The van der Waals surface area contributed by atoms with Crippen LogP contribution in [0.2, 0.25) is 0 Å². The first-order valence-electron chi connectivity index (χ1n) is 7.75. The van der Waals surface area contributed by atoms with Crippen molar-refractivity contribution in [3.63, 3.8) is 0 Å². The summed E-state index contributed by atoms with van der Waals surface area (Å²) in [6, 6.07) is 3.87. The van der Waals surface area contributed by atoms with Gasteiger partial charge in [0, 0.05) is 24.5 Å². The van der Waals surface area contributed by atoms with Crippen LogP contribution in [0.3, 0.4) is 0 Å². The molecule has 1 atom stereocenters. The number of amides is 1. The quantitative estimate of drug-likeness (QED) is 0.867. The summed E-state index contributed by atoms with van der Waals surface area (Å²) in [6.45, 7) is 8.79. The predicted octanol–water partition coefficient (Wildman–Crippen LogP) is 3.78. The van der Waals surface area contributed by atoms with Gasteiger partial charge in [0.2, 0.25) is 5.91 Å². The third-order valence-electron chi connectivity index (χ3n) is 3.52. The van der Waals surface area contributed by atoms with Crippen LogP contribution in [0, 0.1) is 5.92 Å². The van der Waals surface area contributed by atoms with Crippen LogP contribution in [0.15, 0.2) is 12.1 Å². The maximum Gasteiger partial charge on any atom is 0.224 e. The Morgan fingerprint density at radius 2 is 2.24 bits per heavy atom. The number of fused-ring (bicyclic) bond motifs is 1. The molecule has 1 aliphatic rings. The Morgan fingerprint density at radius 1 is 1.48 bits per heavy atom. The molecule has 0 saturated heterocycles. The van der Waals surface area contributed by atoms with Crippen molar-refractivity contribution in [2.45, 2.75) is 53.1 Å². The molecule has 0 spiro atoms. The molecule has 0 radical (unpaired) electrons. The summed E-state index contributed by atoms with van der Waals surface area (Å²) in [4.78, 5) is 12.0. The molecule has 0 saturated carbocycles. The number of hydrogen-bond donors (Lipinski definition) is 1. The molecule has 4 heteroatoms. The zero-order chi connectivity index (χ0) is 15.4. The lowest BCUT2D eigenvalue weighted by Gasteiger charge is -2.14. The molecule has 4 nitrogen and oxygen atoms in total. The van der Waals surface area contributed by atoms with Crippen molar-refractivity contribution in [1.82, 2.24) is 0 Å². The third-order valence-corrected chi connectivity index (χ3v) is 3.52. The van der Waals surface area contributed by atoms with Crippen molar-refractivity contribution in [2.75, 3.05) is 11.9 Å². The molecule has 1 aromatic carbocycles. The summed E-state index contributed by atoms with van der Waals surface area (Å²) in [5.74, 6) is 2.12. The van der Waals surface area contributed by atoms with Gasteiger partial charge in [-0.05, 0) is 32.3 Å². The minimum atomic E-state index is 0.0237. The van der Waals surface area contributed by atoms with Gasteiger partial charge in [0.05, 0.1) is 12.3 Å². The molecule has 0 fully saturated rings. The Hall–Kier alpha value is -1.71. The second-order valence-electron chi connectivity index (χ2n) is 6.00. The van der Waals surface area contributed by atoms with Gasteiger partial charge in [-0.1, -0.05) is 13.8 Å². The van der Waals surface area contributed by atoms with Gasteiger partial charge in [0.15, 0.2) is 0 Å². The highest BCUT2D eigenvalue weighted by Crippen LogP contribution is 2.38. The van der Waals surface area contributed by atoms with E-state index in [-0.39, 0.29) is 12.0 Å². The molecule has 2 rings (SSSR count). The second kappa shape index (κ2) is 6.83. The van der Waals surface area contributed by atoms with Gasteiger partial charge in [0.1, 0.15) is 17.6 Å². The maximum atomic E-state index is 12.0. The third kappa shape index (κ3) is 4.13.